The lowest BCUT2D eigenvalue weighted by Crippen LogP contribution is -2.50. The number of halogens is 2. The van der Waals surface area contributed by atoms with Crippen molar-refractivity contribution in [2.24, 2.45) is 0 Å². The summed E-state index contributed by atoms with van der Waals surface area (Å²) in [4.78, 5) is 14.0. The third-order valence-corrected chi connectivity index (χ3v) is 5.14. The van der Waals surface area contributed by atoms with E-state index in [9.17, 15) is 4.79 Å². The van der Waals surface area contributed by atoms with E-state index in [1.165, 1.54) is 18.4 Å². The van der Waals surface area contributed by atoms with Gasteiger partial charge in [0.1, 0.15) is 5.88 Å². The topological polar surface area (TPSA) is 32.3 Å². The molecule has 0 spiro atoms. The van der Waals surface area contributed by atoms with Crippen LogP contribution in [0, 0.1) is 0 Å². The molecule has 2 heterocycles. The van der Waals surface area contributed by atoms with Crippen LogP contribution >= 0.6 is 23.2 Å². The van der Waals surface area contributed by atoms with Crippen molar-refractivity contribution in [1.82, 2.24) is 10.2 Å². The smallest absolute Gasteiger partial charge is 0.235 e. The zero-order chi connectivity index (χ0) is 14.8. The standard InChI is InChI=1S/C16H20Cl2N2O/c17-9-16(21)19-13-7-14-5-6-15(8-13)20(14)10-11-1-3-12(18)4-2-11/h1-4,13-15H,5-10H2,(H,19,21)/t13-,14+,15-. The summed E-state index contributed by atoms with van der Waals surface area (Å²) in [6, 6.07) is 9.53. The van der Waals surface area contributed by atoms with Crippen LogP contribution in [0.4, 0.5) is 0 Å². The van der Waals surface area contributed by atoms with E-state index in [0.717, 1.165) is 24.4 Å². The lowest BCUT2D eigenvalue weighted by Gasteiger charge is -2.39. The Kier molecular flexibility index (Phi) is 4.72. The lowest BCUT2D eigenvalue weighted by molar-refractivity contribution is -0.119. The van der Waals surface area contributed by atoms with Gasteiger partial charge in [0, 0.05) is 29.7 Å². The second-order valence-corrected chi connectivity index (χ2v) is 6.76. The van der Waals surface area contributed by atoms with E-state index in [2.05, 4.69) is 22.3 Å². The number of carbonyl (C=O) groups is 1. The number of carbonyl (C=O) groups excluding carboxylic acids is 1. The molecule has 1 N–H and O–H groups in total. The van der Waals surface area contributed by atoms with Crippen molar-refractivity contribution in [2.45, 2.75) is 50.4 Å². The van der Waals surface area contributed by atoms with E-state index in [1.807, 2.05) is 12.1 Å². The Morgan fingerprint density at radius 1 is 1.19 bits per heavy atom. The molecule has 0 saturated carbocycles. The molecule has 0 unspecified atom stereocenters. The molecule has 2 aliphatic rings. The van der Waals surface area contributed by atoms with Crippen LogP contribution in [-0.2, 0) is 11.3 Å². The summed E-state index contributed by atoms with van der Waals surface area (Å²) < 4.78 is 0. The first-order valence-electron chi connectivity index (χ1n) is 7.51. The maximum atomic E-state index is 11.4. The lowest BCUT2D eigenvalue weighted by atomic mass is 9.96. The Morgan fingerprint density at radius 2 is 1.81 bits per heavy atom. The number of alkyl halides is 1. The highest BCUT2D eigenvalue weighted by Gasteiger charge is 2.40. The van der Waals surface area contributed by atoms with Gasteiger partial charge in [-0.3, -0.25) is 9.69 Å². The molecule has 2 fully saturated rings. The molecule has 2 bridgehead atoms. The van der Waals surface area contributed by atoms with Crippen molar-refractivity contribution >= 4 is 29.1 Å². The van der Waals surface area contributed by atoms with Gasteiger partial charge in [-0.2, -0.15) is 0 Å². The van der Waals surface area contributed by atoms with Crippen LogP contribution in [0.1, 0.15) is 31.2 Å². The average molecular weight is 327 g/mol. The van der Waals surface area contributed by atoms with Crippen molar-refractivity contribution in [3.05, 3.63) is 34.9 Å². The number of amides is 1. The fourth-order valence-electron chi connectivity index (χ4n) is 3.72. The zero-order valence-corrected chi connectivity index (χ0v) is 13.4. The second kappa shape index (κ2) is 6.55. The molecule has 114 valence electrons. The maximum Gasteiger partial charge on any atom is 0.235 e. The summed E-state index contributed by atoms with van der Waals surface area (Å²) >= 11 is 11.5. The third-order valence-electron chi connectivity index (χ3n) is 4.65. The molecule has 1 aromatic carbocycles. The van der Waals surface area contributed by atoms with Gasteiger partial charge in [0.25, 0.3) is 0 Å². The number of nitrogens with zero attached hydrogens (tertiary/aromatic N) is 1. The highest BCUT2D eigenvalue weighted by Crippen LogP contribution is 2.36. The fraction of sp³-hybridized carbons (Fsp3) is 0.562. The average Bonchev–Trinajstić information content (AvgIpc) is 2.71. The Bertz CT molecular complexity index is 492. The first kappa shape index (κ1) is 15.1. The first-order chi connectivity index (χ1) is 10.2. The van der Waals surface area contributed by atoms with E-state index >= 15 is 0 Å². The summed E-state index contributed by atoms with van der Waals surface area (Å²) in [5.74, 6) is 0.00700. The molecular weight excluding hydrogens is 307 g/mol. The summed E-state index contributed by atoms with van der Waals surface area (Å²) in [6.45, 7) is 0.975. The first-order valence-corrected chi connectivity index (χ1v) is 8.42. The summed E-state index contributed by atoms with van der Waals surface area (Å²) in [5, 5.41) is 3.83. The molecule has 3 rings (SSSR count). The minimum Gasteiger partial charge on any atom is -0.352 e. The van der Waals surface area contributed by atoms with Gasteiger partial charge in [-0.1, -0.05) is 23.7 Å². The summed E-state index contributed by atoms with van der Waals surface area (Å²) in [6.07, 6.45) is 4.52. The van der Waals surface area contributed by atoms with Crippen molar-refractivity contribution in [3.8, 4) is 0 Å². The monoisotopic (exact) mass is 326 g/mol. The Morgan fingerprint density at radius 3 is 2.38 bits per heavy atom. The van der Waals surface area contributed by atoms with Crippen LogP contribution in [0.3, 0.4) is 0 Å². The molecule has 2 aliphatic heterocycles. The van der Waals surface area contributed by atoms with Crippen LogP contribution in [0.25, 0.3) is 0 Å². The highest BCUT2D eigenvalue weighted by atomic mass is 35.5. The van der Waals surface area contributed by atoms with Gasteiger partial charge in [0.2, 0.25) is 5.91 Å². The number of hydrogen-bond acceptors (Lipinski definition) is 2. The Balaban J connectivity index is 1.62. The van der Waals surface area contributed by atoms with Gasteiger partial charge in [-0.25, -0.2) is 0 Å². The molecule has 21 heavy (non-hydrogen) atoms. The normalized spacial score (nSPS) is 28.6. The number of fused-ring (bicyclic) bond motifs is 2. The van der Waals surface area contributed by atoms with Crippen LogP contribution in [-0.4, -0.2) is 34.8 Å². The molecular formula is C16H20Cl2N2O. The third kappa shape index (κ3) is 3.53. The molecule has 2 saturated heterocycles. The van der Waals surface area contributed by atoms with Gasteiger partial charge in [0.15, 0.2) is 0 Å². The fourth-order valence-corrected chi connectivity index (χ4v) is 3.92. The van der Waals surface area contributed by atoms with Gasteiger partial charge in [-0.05, 0) is 43.4 Å². The molecule has 1 amide bonds. The minimum atomic E-state index is -0.0489. The van der Waals surface area contributed by atoms with Crippen LogP contribution in [0.5, 0.6) is 0 Å². The van der Waals surface area contributed by atoms with Crippen LogP contribution in [0.2, 0.25) is 5.02 Å². The van der Waals surface area contributed by atoms with Gasteiger partial charge >= 0.3 is 0 Å². The molecule has 3 atom stereocenters. The molecule has 0 radical (unpaired) electrons. The number of hydrogen-bond donors (Lipinski definition) is 1. The zero-order valence-electron chi connectivity index (χ0n) is 11.9. The van der Waals surface area contributed by atoms with Crippen LogP contribution in [0.15, 0.2) is 24.3 Å². The summed E-state index contributed by atoms with van der Waals surface area (Å²) in [5.41, 5.74) is 1.31. The number of nitrogens with one attached hydrogen (secondary N) is 1. The summed E-state index contributed by atoms with van der Waals surface area (Å²) in [7, 11) is 0. The Hall–Kier alpha value is -0.770. The van der Waals surface area contributed by atoms with E-state index in [1.54, 1.807) is 0 Å². The predicted molar refractivity (Wildman–Crippen MR) is 85.7 cm³/mol. The number of rotatable bonds is 4. The SMILES string of the molecule is O=C(CCl)N[C@H]1C[C@H]2CC[C@@H](C1)N2Cc1ccc(Cl)cc1. The van der Waals surface area contributed by atoms with Crippen LogP contribution < -0.4 is 5.32 Å². The maximum absolute atomic E-state index is 11.4. The highest BCUT2D eigenvalue weighted by molar-refractivity contribution is 6.30. The van der Waals surface area contributed by atoms with Crippen molar-refractivity contribution in [3.63, 3.8) is 0 Å². The van der Waals surface area contributed by atoms with Gasteiger partial charge in [0.05, 0.1) is 0 Å². The second-order valence-electron chi connectivity index (χ2n) is 6.05. The quantitative estimate of drug-likeness (QED) is 0.862. The molecule has 5 heteroatoms. The Labute approximate surface area is 135 Å². The molecule has 0 aliphatic carbocycles. The number of benzene rings is 1. The van der Waals surface area contributed by atoms with E-state index in [4.69, 9.17) is 23.2 Å². The van der Waals surface area contributed by atoms with E-state index in [-0.39, 0.29) is 17.8 Å². The van der Waals surface area contributed by atoms with Crippen molar-refractivity contribution in [1.29, 1.82) is 0 Å². The van der Waals surface area contributed by atoms with Crippen molar-refractivity contribution < 1.29 is 4.79 Å². The van der Waals surface area contributed by atoms with Crippen molar-refractivity contribution in [2.75, 3.05) is 5.88 Å². The van der Waals surface area contributed by atoms with Gasteiger partial charge in [-0.15, -0.1) is 11.6 Å². The number of piperidine rings is 1. The van der Waals surface area contributed by atoms with E-state index < -0.39 is 0 Å². The largest absolute Gasteiger partial charge is 0.352 e. The molecule has 3 nitrogen and oxygen atoms in total. The van der Waals surface area contributed by atoms with Gasteiger partial charge < -0.3 is 5.32 Å². The molecule has 0 aromatic heterocycles. The molecule has 1 aromatic rings. The predicted octanol–water partition coefficient (Wildman–Crippen LogP) is 3.19. The van der Waals surface area contributed by atoms with E-state index in [0.29, 0.717) is 12.1 Å². The minimum absolute atomic E-state index is 0.0489.